The average Bonchev–Trinajstić information content (AvgIpc) is 2.46. The summed E-state index contributed by atoms with van der Waals surface area (Å²) in [5.74, 6) is -0.242. The second kappa shape index (κ2) is 8.31. The van der Waals surface area contributed by atoms with Crippen LogP contribution in [0.15, 0.2) is 29.8 Å². The van der Waals surface area contributed by atoms with Crippen LogP contribution in [0.25, 0.3) is 6.08 Å². The van der Waals surface area contributed by atoms with Crippen LogP contribution in [0.1, 0.15) is 55.5 Å². The highest BCUT2D eigenvalue weighted by atomic mass is 16.5. The Bertz CT molecular complexity index is 483. The zero-order chi connectivity index (χ0) is 15.0. The third-order valence-corrected chi connectivity index (χ3v) is 3.16. The predicted octanol–water partition coefficient (Wildman–Crippen LogP) is 4.03. The third kappa shape index (κ3) is 5.00. The molecule has 3 heteroatoms. The number of carbonyl (C=O) groups excluding carboxylic acids is 2. The maximum atomic E-state index is 11.7. The molecule has 0 aliphatic rings. The van der Waals surface area contributed by atoms with Crippen molar-refractivity contribution in [3.8, 4) is 0 Å². The molecule has 1 rings (SSSR count). The van der Waals surface area contributed by atoms with Crippen LogP contribution in [0, 0.1) is 0 Å². The van der Waals surface area contributed by atoms with Gasteiger partial charge in [-0.2, -0.15) is 0 Å². The van der Waals surface area contributed by atoms with Crippen LogP contribution < -0.4 is 0 Å². The number of esters is 1. The molecule has 0 saturated heterocycles. The number of carbonyl (C=O) groups is 2. The number of hydrogen-bond acceptors (Lipinski definition) is 3. The summed E-state index contributed by atoms with van der Waals surface area (Å²) in [6.07, 6.45) is 5.74. The summed E-state index contributed by atoms with van der Waals surface area (Å²) >= 11 is 0. The molecule has 1 aromatic carbocycles. The monoisotopic (exact) mass is 274 g/mol. The van der Waals surface area contributed by atoms with E-state index in [0.717, 1.165) is 31.2 Å². The van der Waals surface area contributed by atoms with Crippen LogP contribution in [0.4, 0.5) is 0 Å². The van der Waals surface area contributed by atoms with E-state index in [2.05, 4.69) is 6.92 Å². The lowest BCUT2D eigenvalue weighted by Gasteiger charge is -2.06. The van der Waals surface area contributed by atoms with Gasteiger partial charge >= 0.3 is 5.97 Å². The van der Waals surface area contributed by atoms with Gasteiger partial charge in [-0.1, -0.05) is 44.0 Å². The van der Waals surface area contributed by atoms with Gasteiger partial charge in [0.2, 0.25) is 0 Å². The Kier molecular flexibility index (Phi) is 6.71. The summed E-state index contributed by atoms with van der Waals surface area (Å²) in [5.41, 5.74) is 2.26. The molecule has 0 amide bonds. The summed E-state index contributed by atoms with van der Waals surface area (Å²) in [6, 6.07) is 7.24. The third-order valence-electron chi connectivity index (χ3n) is 3.16. The molecule has 0 bridgehead atoms. The van der Waals surface area contributed by atoms with E-state index in [4.69, 9.17) is 4.74 Å². The highest BCUT2D eigenvalue weighted by Crippen LogP contribution is 2.16. The molecule has 1 aromatic rings. The molecule has 0 radical (unpaired) electrons. The van der Waals surface area contributed by atoms with E-state index in [1.54, 1.807) is 12.1 Å². The molecule has 0 aliphatic carbocycles. The van der Waals surface area contributed by atoms with Crippen LogP contribution in [0.5, 0.6) is 0 Å². The quantitative estimate of drug-likeness (QED) is 0.326. The lowest BCUT2D eigenvalue weighted by molar-refractivity contribution is -0.136. The summed E-state index contributed by atoms with van der Waals surface area (Å²) in [7, 11) is 1.40. The molecule has 108 valence electrons. The fourth-order valence-electron chi connectivity index (χ4n) is 1.94. The molecule has 0 heterocycles. The Morgan fingerprint density at radius 2 is 1.80 bits per heavy atom. The number of hydrogen-bond donors (Lipinski definition) is 0. The van der Waals surface area contributed by atoms with E-state index in [0.29, 0.717) is 11.1 Å². The number of unbranched alkanes of at least 4 members (excludes halogenated alkanes) is 2. The van der Waals surface area contributed by atoms with Crippen LogP contribution in [0.2, 0.25) is 0 Å². The molecular formula is C17H22O3. The van der Waals surface area contributed by atoms with Gasteiger partial charge in [-0.25, -0.2) is 4.79 Å². The van der Waals surface area contributed by atoms with Crippen LogP contribution in [-0.2, 0) is 9.53 Å². The summed E-state index contributed by atoms with van der Waals surface area (Å²) in [4.78, 5) is 23.0. The summed E-state index contributed by atoms with van der Waals surface area (Å²) in [5, 5.41) is 0. The van der Waals surface area contributed by atoms with Crippen LogP contribution >= 0.6 is 0 Å². The number of methoxy groups -OCH3 is 1. The second-order valence-corrected chi connectivity index (χ2v) is 4.80. The molecule has 20 heavy (non-hydrogen) atoms. The summed E-state index contributed by atoms with van der Waals surface area (Å²) in [6.45, 7) is 3.66. The first kappa shape index (κ1) is 16.2. The fourth-order valence-corrected chi connectivity index (χ4v) is 1.94. The number of ether oxygens (including phenoxy) is 1. The highest BCUT2D eigenvalue weighted by molar-refractivity contribution is 5.95. The molecule has 0 saturated carbocycles. The zero-order valence-electron chi connectivity index (χ0n) is 12.4. The normalized spacial score (nSPS) is 11.2. The molecule has 0 aliphatic heterocycles. The minimum absolute atomic E-state index is 0.0386. The van der Waals surface area contributed by atoms with Gasteiger partial charge in [-0.15, -0.1) is 0 Å². The van der Waals surface area contributed by atoms with Gasteiger partial charge in [0.1, 0.15) is 0 Å². The number of rotatable bonds is 7. The van der Waals surface area contributed by atoms with E-state index in [9.17, 15) is 9.59 Å². The fraction of sp³-hybridized carbons (Fsp3) is 0.412. The second-order valence-electron chi connectivity index (χ2n) is 4.80. The molecule has 0 fully saturated rings. The maximum Gasteiger partial charge on any atom is 0.333 e. The van der Waals surface area contributed by atoms with E-state index < -0.39 is 0 Å². The van der Waals surface area contributed by atoms with E-state index in [1.807, 2.05) is 18.2 Å². The number of Topliss-reactive ketones (excluding diaryl/α,β-unsaturated/α-hetero) is 1. The van der Waals surface area contributed by atoms with Crippen LogP contribution in [0.3, 0.4) is 0 Å². The standard InChI is InChI=1S/C17H22O3/c1-4-5-6-7-16(17(19)20-3)12-14-8-10-15(11-9-14)13(2)18/h8-12H,4-7H2,1-3H3/b16-12+. The van der Waals surface area contributed by atoms with Crippen molar-refractivity contribution < 1.29 is 14.3 Å². The maximum absolute atomic E-state index is 11.7. The lowest BCUT2D eigenvalue weighted by Crippen LogP contribution is -2.04. The number of ketones is 1. The van der Waals surface area contributed by atoms with Gasteiger partial charge in [-0.3, -0.25) is 4.79 Å². The van der Waals surface area contributed by atoms with Crippen molar-refractivity contribution in [3.63, 3.8) is 0 Å². The Morgan fingerprint density at radius 1 is 1.15 bits per heavy atom. The Balaban J connectivity index is 2.88. The first-order valence-corrected chi connectivity index (χ1v) is 6.98. The summed E-state index contributed by atoms with van der Waals surface area (Å²) < 4.78 is 4.82. The lowest BCUT2D eigenvalue weighted by atomic mass is 10.0. The van der Waals surface area contributed by atoms with Crippen molar-refractivity contribution >= 4 is 17.8 Å². The molecule has 0 N–H and O–H groups in total. The molecular weight excluding hydrogens is 252 g/mol. The molecule has 0 unspecified atom stereocenters. The van der Waals surface area contributed by atoms with Crippen molar-refractivity contribution in [2.45, 2.75) is 39.5 Å². The minimum atomic E-state index is -0.281. The van der Waals surface area contributed by atoms with Crippen molar-refractivity contribution in [1.82, 2.24) is 0 Å². The van der Waals surface area contributed by atoms with E-state index in [1.165, 1.54) is 14.0 Å². The Labute approximate surface area is 120 Å². The van der Waals surface area contributed by atoms with Gasteiger partial charge in [0.15, 0.2) is 5.78 Å². The molecule has 0 aromatic heterocycles. The van der Waals surface area contributed by atoms with E-state index in [-0.39, 0.29) is 11.8 Å². The SMILES string of the molecule is CCCCC/C(=C\c1ccc(C(C)=O)cc1)C(=O)OC. The Morgan fingerprint density at radius 3 is 2.30 bits per heavy atom. The molecule has 0 atom stereocenters. The van der Waals surface area contributed by atoms with E-state index >= 15 is 0 Å². The zero-order valence-corrected chi connectivity index (χ0v) is 12.4. The first-order chi connectivity index (χ1) is 9.58. The predicted molar refractivity (Wildman–Crippen MR) is 80.6 cm³/mol. The van der Waals surface area contributed by atoms with Crippen molar-refractivity contribution in [2.24, 2.45) is 0 Å². The molecule has 3 nitrogen and oxygen atoms in total. The number of benzene rings is 1. The van der Waals surface area contributed by atoms with Gasteiger partial charge in [0, 0.05) is 11.1 Å². The van der Waals surface area contributed by atoms with Crippen LogP contribution in [-0.4, -0.2) is 18.9 Å². The van der Waals surface area contributed by atoms with Gasteiger partial charge < -0.3 is 4.74 Å². The minimum Gasteiger partial charge on any atom is -0.466 e. The van der Waals surface area contributed by atoms with Crippen molar-refractivity contribution in [2.75, 3.05) is 7.11 Å². The van der Waals surface area contributed by atoms with Crippen molar-refractivity contribution in [3.05, 3.63) is 41.0 Å². The Hall–Kier alpha value is -1.90. The average molecular weight is 274 g/mol. The first-order valence-electron chi connectivity index (χ1n) is 6.98. The highest BCUT2D eigenvalue weighted by Gasteiger charge is 2.09. The van der Waals surface area contributed by atoms with Gasteiger partial charge in [0.05, 0.1) is 7.11 Å². The van der Waals surface area contributed by atoms with Gasteiger partial charge in [0.25, 0.3) is 0 Å². The largest absolute Gasteiger partial charge is 0.466 e. The topological polar surface area (TPSA) is 43.4 Å². The van der Waals surface area contributed by atoms with Gasteiger partial charge in [-0.05, 0) is 31.4 Å². The van der Waals surface area contributed by atoms with Crippen molar-refractivity contribution in [1.29, 1.82) is 0 Å². The smallest absolute Gasteiger partial charge is 0.333 e. The molecule has 0 spiro atoms.